The lowest BCUT2D eigenvalue weighted by molar-refractivity contribution is -0.385. The molecule has 27 heavy (non-hydrogen) atoms. The van der Waals surface area contributed by atoms with Crippen LogP contribution in [0.25, 0.3) is 0 Å². The van der Waals surface area contributed by atoms with E-state index in [1.54, 1.807) is 6.07 Å². The Kier molecular flexibility index (Phi) is 5.03. The van der Waals surface area contributed by atoms with Crippen LogP contribution in [0.15, 0.2) is 24.3 Å². The number of benzene rings is 1. The van der Waals surface area contributed by atoms with E-state index in [2.05, 4.69) is 32.2 Å². The monoisotopic (exact) mass is 383 g/mol. The maximum atomic E-state index is 12.6. The third-order valence-electron chi connectivity index (χ3n) is 5.17. The van der Waals surface area contributed by atoms with Gasteiger partial charge in [-0.25, -0.2) is 0 Å². The van der Waals surface area contributed by atoms with Crippen LogP contribution in [-0.4, -0.2) is 10.8 Å². The summed E-state index contributed by atoms with van der Waals surface area (Å²) in [6.07, 6.45) is 2.72. The first kappa shape index (κ1) is 19.1. The second-order valence-corrected chi connectivity index (χ2v) is 8.96. The highest BCUT2D eigenvalue weighted by atomic mass is 32.1. The molecule has 140 valence electrons. The first-order valence-electron chi connectivity index (χ1n) is 8.81. The molecule has 6 nitrogen and oxygen atoms in total. The van der Waals surface area contributed by atoms with Gasteiger partial charge < -0.3 is 5.32 Å². The Morgan fingerprint density at radius 3 is 2.70 bits per heavy atom. The van der Waals surface area contributed by atoms with E-state index in [4.69, 9.17) is 0 Å². The van der Waals surface area contributed by atoms with Crippen LogP contribution in [0.1, 0.15) is 53.6 Å². The molecule has 0 saturated carbocycles. The molecule has 0 fully saturated rings. The molecule has 0 spiro atoms. The van der Waals surface area contributed by atoms with Gasteiger partial charge in [-0.3, -0.25) is 14.9 Å². The topological polar surface area (TPSA) is 96.0 Å². The average Bonchev–Trinajstić information content (AvgIpc) is 2.96. The zero-order chi connectivity index (χ0) is 19.8. The number of nitriles is 1. The van der Waals surface area contributed by atoms with Gasteiger partial charge in [0.1, 0.15) is 16.6 Å². The van der Waals surface area contributed by atoms with Crippen molar-refractivity contribution in [3.05, 3.63) is 55.9 Å². The molecule has 0 aliphatic heterocycles. The van der Waals surface area contributed by atoms with Crippen molar-refractivity contribution in [3.8, 4) is 6.07 Å². The summed E-state index contributed by atoms with van der Waals surface area (Å²) in [5.74, 6) is -0.0428. The number of hydrogen-bond acceptors (Lipinski definition) is 5. The Morgan fingerprint density at radius 2 is 2.07 bits per heavy atom. The number of nitrogens with one attached hydrogen (secondary N) is 1. The number of anilines is 1. The Labute approximate surface area is 162 Å². The molecule has 0 bridgehead atoms. The van der Waals surface area contributed by atoms with E-state index in [1.807, 2.05) is 0 Å². The normalized spacial score (nSPS) is 16.3. The first-order valence-corrected chi connectivity index (χ1v) is 9.63. The predicted octanol–water partition coefficient (Wildman–Crippen LogP) is 4.93. The molecule has 1 aromatic carbocycles. The maximum absolute atomic E-state index is 12.6. The van der Waals surface area contributed by atoms with Gasteiger partial charge in [-0.2, -0.15) is 5.26 Å². The highest BCUT2D eigenvalue weighted by Gasteiger charge is 2.32. The summed E-state index contributed by atoms with van der Waals surface area (Å²) in [4.78, 5) is 24.4. The Hall–Kier alpha value is -2.72. The molecule has 1 aliphatic carbocycles. The molecule has 1 amide bonds. The van der Waals surface area contributed by atoms with Crippen molar-refractivity contribution in [3.63, 3.8) is 0 Å². The minimum absolute atomic E-state index is 0.00895. The van der Waals surface area contributed by atoms with Crippen LogP contribution in [0.2, 0.25) is 0 Å². The molecule has 0 radical (unpaired) electrons. The van der Waals surface area contributed by atoms with Crippen molar-refractivity contribution in [1.82, 2.24) is 0 Å². The van der Waals surface area contributed by atoms with Crippen LogP contribution in [0.5, 0.6) is 0 Å². The first-order chi connectivity index (χ1) is 12.7. The van der Waals surface area contributed by atoms with Crippen LogP contribution >= 0.6 is 11.3 Å². The number of thiophene rings is 1. The standard InChI is InChI=1S/C20H21N3O3S/c1-20(2,3)12-8-9-13-15(11-21)19(27-17(13)10-12)22-18(24)14-6-4-5-7-16(14)23(25)26/h4-7,12H,8-10H2,1-3H3,(H,22,24). The molecule has 7 heteroatoms. The Balaban J connectivity index is 1.91. The molecular formula is C20H21N3O3S. The van der Waals surface area contributed by atoms with Crippen molar-refractivity contribution in [1.29, 1.82) is 5.26 Å². The molecule has 1 aliphatic rings. The van der Waals surface area contributed by atoms with Gasteiger partial charge in [0.25, 0.3) is 11.6 Å². The van der Waals surface area contributed by atoms with Gasteiger partial charge in [-0.15, -0.1) is 11.3 Å². The van der Waals surface area contributed by atoms with Gasteiger partial charge in [-0.05, 0) is 42.2 Å². The second-order valence-electron chi connectivity index (χ2n) is 7.85. The molecular weight excluding hydrogens is 362 g/mol. The molecule has 2 aromatic rings. The van der Waals surface area contributed by atoms with Gasteiger partial charge in [0.2, 0.25) is 0 Å². The fourth-order valence-electron chi connectivity index (χ4n) is 3.53. The number of hydrogen-bond donors (Lipinski definition) is 1. The van der Waals surface area contributed by atoms with Crippen molar-refractivity contribution in [2.24, 2.45) is 11.3 Å². The minimum Gasteiger partial charge on any atom is -0.312 e. The van der Waals surface area contributed by atoms with Crippen molar-refractivity contribution < 1.29 is 9.72 Å². The largest absolute Gasteiger partial charge is 0.312 e. The highest BCUT2D eigenvalue weighted by molar-refractivity contribution is 7.16. The van der Waals surface area contributed by atoms with Crippen LogP contribution in [-0.2, 0) is 12.8 Å². The van der Waals surface area contributed by atoms with Crippen molar-refractivity contribution in [2.75, 3.05) is 5.32 Å². The van der Waals surface area contributed by atoms with Gasteiger partial charge in [0.05, 0.1) is 10.5 Å². The quantitative estimate of drug-likeness (QED) is 0.600. The molecule has 1 N–H and O–H groups in total. The molecule has 1 unspecified atom stereocenters. The lowest BCUT2D eigenvalue weighted by atomic mass is 9.72. The summed E-state index contributed by atoms with van der Waals surface area (Å²) in [5, 5.41) is 24.0. The van der Waals surface area contributed by atoms with Gasteiger partial charge >= 0.3 is 0 Å². The van der Waals surface area contributed by atoms with E-state index < -0.39 is 10.8 Å². The van der Waals surface area contributed by atoms with Crippen molar-refractivity contribution >= 4 is 27.9 Å². The van der Waals surface area contributed by atoms with Crippen molar-refractivity contribution in [2.45, 2.75) is 40.0 Å². The summed E-state index contributed by atoms with van der Waals surface area (Å²) in [6.45, 7) is 6.66. The van der Waals surface area contributed by atoms with Crippen LogP contribution in [0.3, 0.4) is 0 Å². The maximum Gasteiger partial charge on any atom is 0.282 e. The van der Waals surface area contributed by atoms with E-state index in [9.17, 15) is 20.2 Å². The molecule has 0 saturated heterocycles. The number of rotatable bonds is 3. The smallest absolute Gasteiger partial charge is 0.282 e. The fourth-order valence-corrected chi connectivity index (χ4v) is 4.80. The molecule has 1 aromatic heterocycles. The van der Waals surface area contributed by atoms with Gasteiger partial charge in [0.15, 0.2) is 0 Å². The number of carbonyl (C=O) groups excluding carboxylic acids is 1. The fraction of sp³-hybridized carbons (Fsp3) is 0.400. The highest BCUT2D eigenvalue weighted by Crippen LogP contribution is 2.44. The summed E-state index contributed by atoms with van der Waals surface area (Å²) in [6, 6.07) is 8.04. The zero-order valence-corrected chi connectivity index (χ0v) is 16.4. The zero-order valence-electron chi connectivity index (χ0n) is 15.5. The Morgan fingerprint density at radius 1 is 1.37 bits per heavy atom. The number of amides is 1. The average molecular weight is 383 g/mol. The van der Waals surface area contributed by atoms with E-state index in [0.717, 1.165) is 29.7 Å². The van der Waals surface area contributed by atoms with Crippen LogP contribution < -0.4 is 5.32 Å². The lowest BCUT2D eigenvalue weighted by Crippen LogP contribution is -2.26. The summed E-state index contributed by atoms with van der Waals surface area (Å²) >= 11 is 1.42. The third kappa shape index (κ3) is 3.71. The predicted molar refractivity (Wildman–Crippen MR) is 105 cm³/mol. The number of nitro benzene ring substituents is 1. The minimum atomic E-state index is -0.576. The SMILES string of the molecule is CC(C)(C)C1CCc2c(sc(NC(=O)c3ccccc3[N+](=O)[O-])c2C#N)C1. The van der Waals surface area contributed by atoms with E-state index in [1.165, 1.54) is 29.5 Å². The van der Waals surface area contributed by atoms with Gasteiger partial charge in [0, 0.05) is 10.9 Å². The molecule has 3 rings (SSSR count). The summed E-state index contributed by atoms with van der Waals surface area (Å²) in [7, 11) is 0. The number of fused-ring (bicyclic) bond motifs is 1. The summed E-state index contributed by atoms with van der Waals surface area (Å²) in [5.41, 5.74) is 1.44. The van der Waals surface area contributed by atoms with Gasteiger partial charge in [-0.1, -0.05) is 32.9 Å². The lowest BCUT2D eigenvalue weighted by Gasteiger charge is -2.33. The molecule has 1 heterocycles. The third-order valence-corrected chi connectivity index (χ3v) is 6.34. The number of nitrogens with zero attached hydrogens (tertiary/aromatic N) is 2. The molecule has 1 atom stereocenters. The summed E-state index contributed by atoms with van der Waals surface area (Å²) < 4.78 is 0. The number of nitro groups is 1. The van der Waals surface area contributed by atoms with E-state index in [-0.39, 0.29) is 16.7 Å². The number of carbonyl (C=O) groups is 1. The van der Waals surface area contributed by atoms with E-state index >= 15 is 0 Å². The van der Waals surface area contributed by atoms with Crippen LogP contribution in [0, 0.1) is 32.8 Å². The van der Waals surface area contributed by atoms with Crippen LogP contribution in [0.4, 0.5) is 10.7 Å². The number of para-hydroxylation sites is 1. The van der Waals surface area contributed by atoms with E-state index in [0.29, 0.717) is 16.5 Å². The second kappa shape index (κ2) is 7.12. The Bertz CT molecular complexity index is 950.